The van der Waals surface area contributed by atoms with Gasteiger partial charge >= 0.3 is 0 Å². The molecule has 1 aromatic heterocycles. The highest BCUT2D eigenvalue weighted by atomic mass is 35.5. The lowest BCUT2D eigenvalue weighted by Gasteiger charge is -2.17. The number of carbonyl (C=O) groups is 1. The molecule has 0 aromatic carbocycles. The van der Waals surface area contributed by atoms with Crippen molar-refractivity contribution in [3.8, 4) is 0 Å². The molecule has 0 aliphatic heterocycles. The number of anilines is 1. The normalized spacial score (nSPS) is 12.0. The topological polar surface area (TPSA) is 45.2 Å². The molecule has 1 rings (SSSR count). The number of halogens is 1. The molecule has 5 heteroatoms. The quantitative estimate of drug-likeness (QED) is 0.821. The van der Waals surface area contributed by atoms with Crippen LogP contribution in [0.5, 0.6) is 0 Å². The first kappa shape index (κ1) is 12.8. The van der Waals surface area contributed by atoms with Crippen molar-refractivity contribution >= 4 is 23.2 Å². The van der Waals surface area contributed by atoms with Gasteiger partial charge in [-0.2, -0.15) is 0 Å². The highest BCUT2D eigenvalue weighted by molar-refractivity contribution is 6.29. The highest BCUT2D eigenvalue weighted by Gasteiger charge is 2.10. The Morgan fingerprint density at radius 3 is 2.75 bits per heavy atom. The second-order valence-electron chi connectivity index (χ2n) is 3.91. The molecular formula is C11H16ClN3O. The highest BCUT2D eigenvalue weighted by Crippen LogP contribution is 2.11. The van der Waals surface area contributed by atoms with E-state index >= 15 is 0 Å². The minimum atomic E-state index is 0.0675. The van der Waals surface area contributed by atoms with Crippen molar-refractivity contribution in [3.63, 3.8) is 0 Å². The van der Waals surface area contributed by atoms with Crippen LogP contribution in [0.15, 0.2) is 18.3 Å². The summed E-state index contributed by atoms with van der Waals surface area (Å²) in [6.45, 7) is 1.95. The van der Waals surface area contributed by atoms with Gasteiger partial charge in [-0.1, -0.05) is 11.6 Å². The molecule has 1 heterocycles. The first-order valence-electron chi connectivity index (χ1n) is 5.07. The van der Waals surface area contributed by atoms with Crippen molar-refractivity contribution in [2.24, 2.45) is 0 Å². The van der Waals surface area contributed by atoms with Gasteiger partial charge in [0, 0.05) is 26.6 Å². The fourth-order valence-corrected chi connectivity index (χ4v) is 1.35. The molecule has 0 radical (unpaired) electrons. The van der Waals surface area contributed by atoms with Crippen LogP contribution in [0.2, 0.25) is 5.15 Å². The van der Waals surface area contributed by atoms with Crippen molar-refractivity contribution in [2.75, 3.05) is 19.4 Å². The first-order chi connectivity index (χ1) is 7.49. The van der Waals surface area contributed by atoms with Gasteiger partial charge in [0.15, 0.2) is 0 Å². The summed E-state index contributed by atoms with van der Waals surface area (Å²) in [7, 11) is 3.50. The van der Waals surface area contributed by atoms with E-state index in [0.717, 1.165) is 5.69 Å². The van der Waals surface area contributed by atoms with E-state index in [1.165, 1.54) is 0 Å². The van der Waals surface area contributed by atoms with E-state index in [-0.39, 0.29) is 11.9 Å². The summed E-state index contributed by atoms with van der Waals surface area (Å²) in [5.41, 5.74) is 0.864. The Balaban J connectivity index is 2.48. The maximum absolute atomic E-state index is 11.4. The third kappa shape index (κ3) is 4.06. The molecule has 0 saturated carbocycles. The van der Waals surface area contributed by atoms with E-state index in [0.29, 0.717) is 11.6 Å². The van der Waals surface area contributed by atoms with E-state index in [4.69, 9.17) is 11.6 Å². The van der Waals surface area contributed by atoms with Crippen LogP contribution in [0.3, 0.4) is 0 Å². The molecule has 4 nitrogen and oxygen atoms in total. The molecule has 0 spiro atoms. The van der Waals surface area contributed by atoms with Crippen molar-refractivity contribution in [2.45, 2.75) is 19.4 Å². The summed E-state index contributed by atoms with van der Waals surface area (Å²) in [5.74, 6) is 0.0990. The van der Waals surface area contributed by atoms with E-state index in [1.54, 1.807) is 31.3 Å². The number of hydrogen-bond acceptors (Lipinski definition) is 3. The van der Waals surface area contributed by atoms with E-state index < -0.39 is 0 Å². The fourth-order valence-electron chi connectivity index (χ4n) is 1.24. The number of pyridine rings is 1. The Bertz CT molecular complexity index is 351. The predicted octanol–water partition coefficient (Wildman–Crippen LogP) is 2.01. The van der Waals surface area contributed by atoms with Crippen LogP contribution < -0.4 is 5.32 Å². The Morgan fingerprint density at radius 1 is 1.56 bits per heavy atom. The minimum absolute atomic E-state index is 0.0675. The number of nitrogens with one attached hydrogen (secondary N) is 1. The standard InChI is InChI=1S/C11H16ClN3O/c1-8(6-11(16)15(2)3)14-9-4-5-10(12)13-7-9/h4-5,7-8,14H,6H2,1-3H3. The van der Waals surface area contributed by atoms with Crippen molar-refractivity contribution < 1.29 is 4.79 Å². The molecule has 1 atom stereocenters. The van der Waals surface area contributed by atoms with Gasteiger partial charge in [0.05, 0.1) is 11.9 Å². The smallest absolute Gasteiger partial charge is 0.224 e. The molecule has 0 aliphatic carbocycles. The van der Waals surface area contributed by atoms with Crippen LogP contribution in [-0.2, 0) is 4.79 Å². The van der Waals surface area contributed by atoms with Crippen LogP contribution >= 0.6 is 11.6 Å². The van der Waals surface area contributed by atoms with Gasteiger partial charge in [-0.05, 0) is 19.1 Å². The Morgan fingerprint density at radius 2 is 2.25 bits per heavy atom. The number of nitrogens with zero attached hydrogens (tertiary/aromatic N) is 2. The summed E-state index contributed by atoms with van der Waals surface area (Å²) in [5, 5.41) is 3.65. The largest absolute Gasteiger partial charge is 0.381 e. The van der Waals surface area contributed by atoms with Crippen LogP contribution in [0.1, 0.15) is 13.3 Å². The molecule has 0 fully saturated rings. The zero-order chi connectivity index (χ0) is 12.1. The maximum atomic E-state index is 11.4. The van der Waals surface area contributed by atoms with E-state index in [9.17, 15) is 4.79 Å². The average Bonchev–Trinajstić information content (AvgIpc) is 2.21. The Labute approximate surface area is 101 Å². The summed E-state index contributed by atoms with van der Waals surface area (Å²) in [6.07, 6.45) is 2.11. The zero-order valence-corrected chi connectivity index (χ0v) is 10.5. The zero-order valence-electron chi connectivity index (χ0n) is 9.70. The molecular weight excluding hydrogens is 226 g/mol. The lowest BCUT2D eigenvalue weighted by atomic mass is 10.2. The predicted molar refractivity (Wildman–Crippen MR) is 65.6 cm³/mol. The van der Waals surface area contributed by atoms with Crippen LogP contribution in [0.4, 0.5) is 5.69 Å². The SMILES string of the molecule is CC(CC(=O)N(C)C)Nc1ccc(Cl)nc1. The van der Waals surface area contributed by atoms with Gasteiger partial charge in [-0.15, -0.1) is 0 Å². The number of amides is 1. The third-order valence-corrected chi connectivity index (χ3v) is 2.34. The minimum Gasteiger partial charge on any atom is -0.381 e. The van der Waals surface area contributed by atoms with Gasteiger partial charge in [-0.3, -0.25) is 4.79 Å². The summed E-state index contributed by atoms with van der Waals surface area (Å²) < 4.78 is 0. The molecule has 1 aromatic rings. The molecule has 1 N–H and O–H groups in total. The number of hydrogen-bond donors (Lipinski definition) is 1. The second-order valence-corrected chi connectivity index (χ2v) is 4.29. The molecule has 1 amide bonds. The average molecular weight is 242 g/mol. The Kier molecular flexibility index (Phi) is 4.55. The van der Waals surface area contributed by atoms with Crippen molar-refractivity contribution in [1.29, 1.82) is 0 Å². The maximum Gasteiger partial charge on any atom is 0.224 e. The molecule has 1 unspecified atom stereocenters. The van der Waals surface area contributed by atoms with E-state index in [1.807, 2.05) is 13.0 Å². The summed E-state index contributed by atoms with van der Waals surface area (Å²) >= 11 is 5.67. The first-order valence-corrected chi connectivity index (χ1v) is 5.45. The summed E-state index contributed by atoms with van der Waals surface area (Å²) in [4.78, 5) is 17.0. The second kappa shape index (κ2) is 5.70. The lowest BCUT2D eigenvalue weighted by molar-refractivity contribution is -0.128. The van der Waals surface area contributed by atoms with E-state index in [2.05, 4.69) is 10.3 Å². The molecule has 0 saturated heterocycles. The van der Waals surface area contributed by atoms with Gasteiger partial charge in [0.25, 0.3) is 0 Å². The molecule has 16 heavy (non-hydrogen) atoms. The number of aromatic nitrogens is 1. The van der Waals surface area contributed by atoms with Gasteiger partial charge in [0.1, 0.15) is 5.15 Å². The number of rotatable bonds is 4. The van der Waals surface area contributed by atoms with Crippen LogP contribution in [0, 0.1) is 0 Å². The number of carbonyl (C=O) groups excluding carboxylic acids is 1. The third-order valence-electron chi connectivity index (χ3n) is 2.12. The molecule has 88 valence electrons. The van der Waals surface area contributed by atoms with Gasteiger partial charge in [0.2, 0.25) is 5.91 Å². The summed E-state index contributed by atoms with van der Waals surface area (Å²) in [6, 6.07) is 3.62. The molecule has 0 bridgehead atoms. The van der Waals surface area contributed by atoms with Crippen molar-refractivity contribution in [1.82, 2.24) is 9.88 Å². The fraction of sp³-hybridized carbons (Fsp3) is 0.455. The Hall–Kier alpha value is -1.29. The monoisotopic (exact) mass is 241 g/mol. The van der Waals surface area contributed by atoms with Gasteiger partial charge in [-0.25, -0.2) is 4.98 Å². The lowest BCUT2D eigenvalue weighted by Crippen LogP contribution is -2.28. The van der Waals surface area contributed by atoms with Crippen LogP contribution in [0.25, 0.3) is 0 Å². The van der Waals surface area contributed by atoms with Crippen molar-refractivity contribution in [3.05, 3.63) is 23.5 Å². The van der Waals surface area contributed by atoms with Crippen LogP contribution in [-0.4, -0.2) is 35.9 Å². The molecule has 0 aliphatic rings. The van der Waals surface area contributed by atoms with Gasteiger partial charge < -0.3 is 10.2 Å².